The van der Waals surface area contributed by atoms with E-state index in [-0.39, 0.29) is 0 Å². The van der Waals surface area contributed by atoms with Gasteiger partial charge in [-0.1, -0.05) is 18.2 Å². The number of benzene rings is 1. The zero-order chi connectivity index (χ0) is 10.7. The van der Waals surface area contributed by atoms with Crippen LogP contribution in [0.5, 0.6) is 0 Å². The molecule has 0 radical (unpaired) electrons. The van der Waals surface area contributed by atoms with E-state index in [1.165, 1.54) is 16.3 Å². The SMILES string of the molecule is Cc1nccc2cc(CCC=O)ccc12. The first-order valence-electron chi connectivity index (χ1n) is 5.09. The Morgan fingerprint density at radius 1 is 1.33 bits per heavy atom. The summed E-state index contributed by atoms with van der Waals surface area (Å²) in [6, 6.07) is 8.29. The number of aromatic nitrogens is 1. The number of nitrogens with zero attached hydrogens (tertiary/aromatic N) is 1. The van der Waals surface area contributed by atoms with Crippen LogP contribution in [0.4, 0.5) is 0 Å². The summed E-state index contributed by atoms with van der Waals surface area (Å²) >= 11 is 0. The summed E-state index contributed by atoms with van der Waals surface area (Å²) in [4.78, 5) is 14.5. The standard InChI is InChI=1S/C13H13NO/c1-10-13-5-4-11(3-2-8-15)9-12(13)6-7-14-10/h4-9H,2-3H2,1H3. The third kappa shape index (κ3) is 2.04. The minimum Gasteiger partial charge on any atom is -0.303 e. The fourth-order valence-electron chi connectivity index (χ4n) is 1.76. The lowest BCUT2D eigenvalue weighted by atomic mass is 10.0. The van der Waals surface area contributed by atoms with Crippen molar-refractivity contribution in [2.75, 3.05) is 0 Å². The van der Waals surface area contributed by atoms with Crippen molar-refractivity contribution in [3.63, 3.8) is 0 Å². The smallest absolute Gasteiger partial charge is 0.120 e. The molecule has 1 aromatic heterocycles. The summed E-state index contributed by atoms with van der Waals surface area (Å²) < 4.78 is 0. The molecule has 0 amide bonds. The highest BCUT2D eigenvalue weighted by molar-refractivity contribution is 5.84. The van der Waals surface area contributed by atoms with Crippen LogP contribution in [0.1, 0.15) is 17.7 Å². The van der Waals surface area contributed by atoms with E-state index >= 15 is 0 Å². The number of carbonyl (C=O) groups excluding carboxylic acids is 1. The third-order valence-electron chi connectivity index (χ3n) is 2.58. The van der Waals surface area contributed by atoms with Crippen LogP contribution >= 0.6 is 0 Å². The summed E-state index contributed by atoms with van der Waals surface area (Å²) in [5.41, 5.74) is 2.26. The summed E-state index contributed by atoms with van der Waals surface area (Å²) in [5, 5.41) is 2.39. The summed E-state index contributed by atoms with van der Waals surface area (Å²) in [5.74, 6) is 0. The fourth-order valence-corrected chi connectivity index (χ4v) is 1.76. The number of rotatable bonds is 3. The molecule has 0 aliphatic heterocycles. The van der Waals surface area contributed by atoms with Crippen molar-refractivity contribution in [2.45, 2.75) is 19.8 Å². The van der Waals surface area contributed by atoms with Crippen molar-refractivity contribution in [1.29, 1.82) is 0 Å². The highest BCUT2D eigenvalue weighted by Gasteiger charge is 1.99. The van der Waals surface area contributed by atoms with Crippen molar-refractivity contribution in [2.24, 2.45) is 0 Å². The molecule has 0 saturated carbocycles. The molecule has 0 aliphatic carbocycles. The molecule has 2 nitrogen and oxygen atoms in total. The molecular formula is C13H13NO. The molecule has 0 atom stereocenters. The molecule has 0 spiro atoms. The van der Waals surface area contributed by atoms with E-state index < -0.39 is 0 Å². The molecule has 1 aromatic carbocycles. The first kappa shape index (κ1) is 9.84. The Balaban J connectivity index is 2.43. The van der Waals surface area contributed by atoms with Gasteiger partial charge in [0.15, 0.2) is 0 Å². The van der Waals surface area contributed by atoms with Crippen LogP contribution in [0.3, 0.4) is 0 Å². The van der Waals surface area contributed by atoms with E-state index in [9.17, 15) is 4.79 Å². The average molecular weight is 199 g/mol. The van der Waals surface area contributed by atoms with Gasteiger partial charge in [-0.2, -0.15) is 0 Å². The summed E-state index contributed by atoms with van der Waals surface area (Å²) in [6.45, 7) is 2.01. The minimum absolute atomic E-state index is 0.593. The Morgan fingerprint density at radius 2 is 2.20 bits per heavy atom. The second-order valence-corrected chi connectivity index (χ2v) is 3.66. The topological polar surface area (TPSA) is 30.0 Å². The van der Waals surface area contributed by atoms with Crippen LogP contribution in [0, 0.1) is 6.92 Å². The normalized spacial score (nSPS) is 10.5. The maximum absolute atomic E-state index is 10.3. The number of hydrogen-bond acceptors (Lipinski definition) is 2. The fraction of sp³-hybridized carbons (Fsp3) is 0.231. The molecule has 1 heterocycles. The molecule has 2 heteroatoms. The number of aldehydes is 1. The van der Waals surface area contributed by atoms with Crippen molar-refractivity contribution < 1.29 is 4.79 Å². The van der Waals surface area contributed by atoms with E-state index in [0.29, 0.717) is 6.42 Å². The maximum Gasteiger partial charge on any atom is 0.120 e. The molecule has 0 unspecified atom stereocenters. The molecule has 0 aliphatic rings. The van der Waals surface area contributed by atoms with Gasteiger partial charge in [0, 0.05) is 23.7 Å². The Hall–Kier alpha value is -1.70. The molecule has 0 fully saturated rings. The second-order valence-electron chi connectivity index (χ2n) is 3.66. The van der Waals surface area contributed by atoms with Gasteiger partial charge in [0.05, 0.1) is 0 Å². The predicted octanol–water partition coefficient (Wildman–Crippen LogP) is 2.67. The van der Waals surface area contributed by atoms with Crippen LogP contribution in [-0.2, 0) is 11.2 Å². The van der Waals surface area contributed by atoms with E-state index in [4.69, 9.17) is 0 Å². The highest BCUT2D eigenvalue weighted by atomic mass is 16.1. The van der Waals surface area contributed by atoms with Gasteiger partial charge < -0.3 is 4.79 Å². The molecule has 0 saturated heterocycles. The number of aryl methyl sites for hydroxylation is 2. The van der Waals surface area contributed by atoms with Gasteiger partial charge in [-0.3, -0.25) is 4.98 Å². The number of pyridine rings is 1. The molecule has 0 N–H and O–H groups in total. The number of hydrogen-bond donors (Lipinski definition) is 0. The molecule has 76 valence electrons. The van der Waals surface area contributed by atoms with E-state index in [1.54, 1.807) is 0 Å². The number of carbonyl (C=O) groups is 1. The number of fused-ring (bicyclic) bond motifs is 1. The first-order chi connectivity index (χ1) is 7.31. The van der Waals surface area contributed by atoms with Crippen LogP contribution in [0.25, 0.3) is 10.8 Å². The van der Waals surface area contributed by atoms with Gasteiger partial charge in [-0.05, 0) is 30.4 Å². The van der Waals surface area contributed by atoms with Crippen molar-refractivity contribution in [1.82, 2.24) is 4.98 Å². The van der Waals surface area contributed by atoms with Gasteiger partial charge in [0.1, 0.15) is 6.29 Å². The Morgan fingerprint density at radius 3 is 3.00 bits per heavy atom. The molecule has 15 heavy (non-hydrogen) atoms. The van der Waals surface area contributed by atoms with Gasteiger partial charge in [-0.25, -0.2) is 0 Å². The van der Waals surface area contributed by atoms with Gasteiger partial charge in [-0.15, -0.1) is 0 Å². The quantitative estimate of drug-likeness (QED) is 0.711. The van der Waals surface area contributed by atoms with Gasteiger partial charge in [0.2, 0.25) is 0 Å². The van der Waals surface area contributed by atoms with Crippen molar-refractivity contribution >= 4 is 17.1 Å². The van der Waals surface area contributed by atoms with Crippen molar-refractivity contribution in [3.8, 4) is 0 Å². The van der Waals surface area contributed by atoms with Crippen LogP contribution < -0.4 is 0 Å². The Labute approximate surface area is 89.0 Å². The van der Waals surface area contributed by atoms with E-state index in [0.717, 1.165) is 18.4 Å². The molecule has 2 aromatic rings. The van der Waals surface area contributed by atoms with Crippen LogP contribution in [0.15, 0.2) is 30.5 Å². The Kier molecular flexibility index (Phi) is 2.77. The monoisotopic (exact) mass is 199 g/mol. The summed E-state index contributed by atoms with van der Waals surface area (Å²) in [7, 11) is 0. The zero-order valence-corrected chi connectivity index (χ0v) is 8.73. The lowest BCUT2D eigenvalue weighted by molar-refractivity contribution is -0.107. The first-order valence-corrected chi connectivity index (χ1v) is 5.09. The van der Waals surface area contributed by atoms with Crippen LogP contribution in [-0.4, -0.2) is 11.3 Å². The molecule has 2 rings (SSSR count). The second kappa shape index (κ2) is 4.22. The largest absolute Gasteiger partial charge is 0.303 e. The van der Waals surface area contributed by atoms with Crippen molar-refractivity contribution in [3.05, 3.63) is 41.7 Å². The average Bonchev–Trinajstić information content (AvgIpc) is 2.26. The predicted molar refractivity (Wildman–Crippen MR) is 60.9 cm³/mol. The van der Waals surface area contributed by atoms with Gasteiger partial charge in [0.25, 0.3) is 0 Å². The maximum atomic E-state index is 10.3. The lowest BCUT2D eigenvalue weighted by Gasteiger charge is -2.03. The van der Waals surface area contributed by atoms with Gasteiger partial charge >= 0.3 is 0 Å². The van der Waals surface area contributed by atoms with Crippen LogP contribution in [0.2, 0.25) is 0 Å². The third-order valence-corrected chi connectivity index (χ3v) is 2.58. The van der Waals surface area contributed by atoms with E-state index in [1.807, 2.05) is 19.2 Å². The zero-order valence-electron chi connectivity index (χ0n) is 8.73. The molecular weight excluding hydrogens is 186 g/mol. The highest BCUT2D eigenvalue weighted by Crippen LogP contribution is 2.18. The van der Waals surface area contributed by atoms with E-state index in [2.05, 4.69) is 23.2 Å². The summed E-state index contributed by atoms with van der Waals surface area (Å²) in [6.07, 6.45) is 4.19. The lowest BCUT2D eigenvalue weighted by Crippen LogP contribution is -1.88. The molecule has 0 bridgehead atoms. The minimum atomic E-state index is 0.593. The Bertz CT molecular complexity index is 491.